The van der Waals surface area contributed by atoms with Crippen LogP contribution in [0.3, 0.4) is 0 Å². The Morgan fingerprint density at radius 1 is 1.44 bits per heavy atom. The average Bonchev–Trinajstić information content (AvgIpc) is 2.99. The molecular formula is C14H25N3O. The van der Waals surface area contributed by atoms with Crippen molar-refractivity contribution in [2.24, 2.45) is 5.92 Å². The molecule has 18 heavy (non-hydrogen) atoms. The Labute approximate surface area is 109 Å². The summed E-state index contributed by atoms with van der Waals surface area (Å²) >= 11 is 0. The molecule has 1 saturated carbocycles. The lowest BCUT2D eigenvalue weighted by Gasteiger charge is -2.19. The number of hydrogen-bond acceptors (Lipinski definition) is 3. The second-order valence-electron chi connectivity index (χ2n) is 5.64. The normalized spacial score (nSPS) is 18.7. The van der Waals surface area contributed by atoms with E-state index < -0.39 is 0 Å². The fourth-order valence-corrected chi connectivity index (χ4v) is 2.59. The number of nitrogens with one attached hydrogen (secondary N) is 1. The van der Waals surface area contributed by atoms with Gasteiger partial charge in [-0.15, -0.1) is 0 Å². The van der Waals surface area contributed by atoms with E-state index in [2.05, 4.69) is 41.2 Å². The Kier molecular flexibility index (Phi) is 4.78. The molecule has 1 aliphatic carbocycles. The molecule has 2 N–H and O–H groups in total. The van der Waals surface area contributed by atoms with Crippen LogP contribution in [-0.2, 0) is 6.54 Å². The molecule has 1 aromatic rings. The molecule has 1 fully saturated rings. The van der Waals surface area contributed by atoms with Crippen LogP contribution in [0.5, 0.6) is 0 Å². The molecule has 2 rings (SSSR count). The maximum atomic E-state index is 9.26. The lowest BCUT2D eigenvalue weighted by molar-refractivity contribution is 0.209. The van der Waals surface area contributed by atoms with Crippen LogP contribution in [0.1, 0.15) is 51.3 Å². The van der Waals surface area contributed by atoms with Gasteiger partial charge >= 0.3 is 0 Å². The monoisotopic (exact) mass is 251 g/mol. The molecule has 1 heterocycles. The van der Waals surface area contributed by atoms with Crippen LogP contribution >= 0.6 is 0 Å². The number of aliphatic hydroxyl groups is 1. The van der Waals surface area contributed by atoms with Gasteiger partial charge in [0.15, 0.2) is 0 Å². The highest BCUT2D eigenvalue weighted by atomic mass is 16.3. The lowest BCUT2D eigenvalue weighted by Crippen LogP contribution is -2.36. The minimum atomic E-state index is 0.154. The van der Waals surface area contributed by atoms with E-state index in [-0.39, 0.29) is 12.6 Å². The summed E-state index contributed by atoms with van der Waals surface area (Å²) in [4.78, 5) is 0. The highest BCUT2D eigenvalue weighted by Crippen LogP contribution is 2.28. The van der Waals surface area contributed by atoms with Gasteiger partial charge in [-0.1, -0.05) is 26.7 Å². The summed E-state index contributed by atoms with van der Waals surface area (Å²) in [7, 11) is 0. The minimum absolute atomic E-state index is 0.154. The molecule has 0 bridgehead atoms. The molecule has 0 aliphatic heterocycles. The first-order chi connectivity index (χ1) is 8.70. The summed E-state index contributed by atoms with van der Waals surface area (Å²) in [5.74, 6) is 0.437. The molecule has 4 heteroatoms. The molecule has 0 unspecified atom stereocenters. The molecule has 1 aromatic heterocycles. The molecule has 4 nitrogen and oxygen atoms in total. The van der Waals surface area contributed by atoms with E-state index in [9.17, 15) is 5.11 Å². The Balaban J connectivity index is 1.86. The van der Waals surface area contributed by atoms with Crippen molar-refractivity contribution >= 4 is 0 Å². The van der Waals surface area contributed by atoms with Crippen molar-refractivity contribution < 1.29 is 5.11 Å². The van der Waals surface area contributed by atoms with Gasteiger partial charge in [0, 0.05) is 18.8 Å². The van der Waals surface area contributed by atoms with Crippen molar-refractivity contribution in [1.29, 1.82) is 0 Å². The molecule has 0 radical (unpaired) electrons. The standard InChI is InChI=1S/C14H25N3O/c1-11(2)14(10-18)15-9-12-7-8-17(16-12)13-5-3-4-6-13/h7-8,11,13-15,18H,3-6,9-10H2,1-2H3/t14-/m1/s1. The van der Waals surface area contributed by atoms with Gasteiger partial charge in [0.2, 0.25) is 0 Å². The van der Waals surface area contributed by atoms with Crippen molar-refractivity contribution in [2.45, 2.75) is 58.2 Å². The van der Waals surface area contributed by atoms with Crippen molar-refractivity contribution in [3.63, 3.8) is 0 Å². The SMILES string of the molecule is CC(C)[C@@H](CO)NCc1ccn(C2CCCC2)n1. The van der Waals surface area contributed by atoms with Crippen LogP contribution in [0.2, 0.25) is 0 Å². The average molecular weight is 251 g/mol. The highest BCUT2D eigenvalue weighted by molar-refractivity contribution is 5.00. The van der Waals surface area contributed by atoms with Gasteiger partial charge < -0.3 is 10.4 Å². The molecule has 0 saturated heterocycles. The van der Waals surface area contributed by atoms with Crippen LogP contribution in [0, 0.1) is 5.92 Å². The topological polar surface area (TPSA) is 50.1 Å². The first kappa shape index (κ1) is 13.6. The van der Waals surface area contributed by atoms with Gasteiger partial charge in [-0.25, -0.2) is 0 Å². The van der Waals surface area contributed by atoms with E-state index in [1.165, 1.54) is 25.7 Å². The van der Waals surface area contributed by atoms with E-state index in [4.69, 9.17) is 0 Å². The zero-order valence-corrected chi connectivity index (χ0v) is 11.5. The van der Waals surface area contributed by atoms with E-state index in [1.54, 1.807) is 0 Å². The van der Waals surface area contributed by atoms with Crippen LogP contribution in [-0.4, -0.2) is 27.5 Å². The minimum Gasteiger partial charge on any atom is -0.395 e. The van der Waals surface area contributed by atoms with Crippen molar-refractivity contribution in [3.05, 3.63) is 18.0 Å². The summed E-state index contributed by atoms with van der Waals surface area (Å²) in [6, 6.07) is 2.85. The first-order valence-electron chi connectivity index (χ1n) is 7.09. The van der Waals surface area contributed by atoms with Gasteiger partial charge in [-0.3, -0.25) is 4.68 Å². The third-order valence-corrected chi connectivity index (χ3v) is 3.91. The molecular weight excluding hydrogens is 226 g/mol. The summed E-state index contributed by atoms with van der Waals surface area (Å²) in [6.07, 6.45) is 7.28. The third-order valence-electron chi connectivity index (χ3n) is 3.91. The van der Waals surface area contributed by atoms with Gasteiger partial charge in [0.25, 0.3) is 0 Å². The largest absolute Gasteiger partial charge is 0.395 e. The second kappa shape index (κ2) is 6.34. The summed E-state index contributed by atoms with van der Waals surface area (Å²) < 4.78 is 2.12. The molecule has 0 aromatic carbocycles. The molecule has 1 atom stereocenters. The maximum absolute atomic E-state index is 9.26. The smallest absolute Gasteiger partial charge is 0.0762 e. The van der Waals surface area contributed by atoms with Crippen molar-refractivity contribution in [2.75, 3.05) is 6.61 Å². The van der Waals surface area contributed by atoms with Crippen LogP contribution in [0.4, 0.5) is 0 Å². The van der Waals surface area contributed by atoms with Gasteiger partial charge in [-0.05, 0) is 24.8 Å². The fourth-order valence-electron chi connectivity index (χ4n) is 2.59. The quantitative estimate of drug-likeness (QED) is 0.814. The highest BCUT2D eigenvalue weighted by Gasteiger charge is 2.18. The first-order valence-corrected chi connectivity index (χ1v) is 7.09. The zero-order valence-electron chi connectivity index (χ0n) is 11.5. The second-order valence-corrected chi connectivity index (χ2v) is 5.64. The van der Waals surface area contributed by atoms with Gasteiger partial charge in [0.1, 0.15) is 0 Å². The van der Waals surface area contributed by atoms with E-state index >= 15 is 0 Å². The predicted octanol–water partition coefficient (Wildman–Crippen LogP) is 2.10. The number of hydrogen-bond donors (Lipinski definition) is 2. The van der Waals surface area contributed by atoms with E-state index in [0.717, 1.165) is 12.2 Å². The summed E-state index contributed by atoms with van der Waals surface area (Å²) in [5.41, 5.74) is 1.07. The maximum Gasteiger partial charge on any atom is 0.0762 e. The number of aromatic nitrogens is 2. The molecule has 0 amide bonds. The lowest BCUT2D eigenvalue weighted by atomic mass is 10.1. The number of rotatable bonds is 6. The van der Waals surface area contributed by atoms with Crippen molar-refractivity contribution in [1.82, 2.24) is 15.1 Å². The third kappa shape index (κ3) is 3.33. The Bertz CT molecular complexity index is 356. The Hall–Kier alpha value is -0.870. The van der Waals surface area contributed by atoms with E-state index in [1.807, 2.05) is 0 Å². The van der Waals surface area contributed by atoms with Crippen LogP contribution < -0.4 is 5.32 Å². The van der Waals surface area contributed by atoms with Gasteiger partial charge in [-0.2, -0.15) is 5.10 Å². The fraction of sp³-hybridized carbons (Fsp3) is 0.786. The number of aliphatic hydroxyl groups excluding tert-OH is 1. The summed E-state index contributed by atoms with van der Waals surface area (Å²) in [5, 5.41) is 17.3. The molecule has 0 spiro atoms. The van der Waals surface area contributed by atoms with Gasteiger partial charge in [0.05, 0.1) is 18.3 Å². The van der Waals surface area contributed by atoms with Crippen molar-refractivity contribution in [3.8, 4) is 0 Å². The zero-order chi connectivity index (χ0) is 13.0. The van der Waals surface area contributed by atoms with Crippen LogP contribution in [0.15, 0.2) is 12.3 Å². The molecule has 102 valence electrons. The summed E-state index contributed by atoms with van der Waals surface area (Å²) in [6.45, 7) is 5.15. The van der Waals surface area contributed by atoms with E-state index in [0.29, 0.717) is 12.0 Å². The predicted molar refractivity (Wildman–Crippen MR) is 72.3 cm³/mol. The molecule has 1 aliphatic rings. The Morgan fingerprint density at radius 2 is 2.17 bits per heavy atom. The van der Waals surface area contributed by atoms with Crippen LogP contribution in [0.25, 0.3) is 0 Å². The Morgan fingerprint density at radius 3 is 2.78 bits per heavy atom. The number of nitrogens with zero attached hydrogens (tertiary/aromatic N) is 2.